The molecule has 0 radical (unpaired) electrons. The molecule has 142 valence electrons. The zero-order valence-electron chi connectivity index (χ0n) is 16.7. The lowest BCUT2D eigenvalue weighted by Gasteiger charge is -2.17. The van der Waals surface area contributed by atoms with Crippen LogP contribution in [0.2, 0.25) is 0 Å². The number of aryl methyl sites for hydroxylation is 3. The van der Waals surface area contributed by atoms with Crippen molar-refractivity contribution in [2.75, 3.05) is 5.73 Å². The van der Waals surface area contributed by atoms with E-state index in [-0.39, 0.29) is 5.97 Å². The van der Waals surface area contributed by atoms with Gasteiger partial charge in [0.25, 0.3) is 0 Å². The number of carbonyl (C=O) groups excluding carboxylic acids is 1. The predicted octanol–water partition coefficient (Wildman–Crippen LogP) is 5.52. The number of nitrogen functional groups attached to an aromatic ring is 1. The summed E-state index contributed by atoms with van der Waals surface area (Å²) in [7, 11) is 0. The Labute approximate surface area is 157 Å². The van der Waals surface area contributed by atoms with E-state index in [0.29, 0.717) is 11.4 Å². The lowest BCUT2D eigenvalue weighted by atomic mass is 9.95. The van der Waals surface area contributed by atoms with Gasteiger partial charge in [0.15, 0.2) is 5.75 Å². The zero-order chi connectivity index (χ0) is 19.1. The van der Waals surface area contributed by atoms with E-state index in [0.717, 1.165) is 60.7 Å². The maximum atomic E-state index is 11.7. The largest absolute Gasteiger partial charge is 0.424 e. The normalized spacial score (nSPS) is 11.1. The third-order valence-corrected chi connectivity index (χ3v) is 4.80. The molecule has 4 heteroatoms. The van der Waals surface area contributed by atoms with E-state index in [1.54, 1.807) is 0 Å². The van der Waals surface area contributed by atoms with Gasteiger partial charge in [-0.05, 0) is 49.8 Å². The number of hydrogen-bond acceptors (Lipinski definition) is 4. The number of rotatable bonds is 9. The number of esters is 1. The SMILES string of the molecule is CCCCCc1cc(CCCCC)c2cc(N)c(C)nc2c1OC(C)=O. The minimum atomic E-state index is -0.307. The van der Waals surface area contributed by atoms with E-state index in [1.807, 2.05) is 13.0 Å². The van der Waals surface area contributed by atoms with Gasteiger partial charge in [-0.25, -0.2) is 4.98 Å². The molecule has 0 unspecified atom stereocenters. The third-order valence-electron chi connectivity index (χ3n) is 4.80. The monoisotopic (exact) mass is 356 g/mol. The van der Waals surface area contributed by atoms with Gasteiger partial charge in [0.1, 0.15) is 5.52 Å². The number of benzene rings is 1. The first-order valence-corrected chi connectivity index (χ1v) is 9.87. The second-order valence-corrected chi connectivity index (χ2v) is 7.09. The Morgan fingerprint density at radius 1 is 1.04 bits per heavy atom. The van der Waals surface area contributed by atoms with Crippen molar-refractivity contribution in [3.63, 3.8) is 0 Å². The van der Waals surface area contributed by atoms with Gasteiger partial charge in [-0.3, -0.25) is 4.79 Å². The molecule has 0 saturated carbocycles. The molecule has 0 spiro atoms. The summed E-state index contributed by atoms with van der Waals surface area (Å²) in [4.78, 5) is 16.4. The summed E-state index contributed by atoms with van der Waals surface area (Å²) >= 11 is 0. The maximum Gasteiger partial charge on any atom is 0.308 e. The first-order valence-electron chi connectivity index (χ1n) is 9.87. The van der Waals surface area contributed by atoms with Crippen LogP contribution in [0.3, 0.4) is 0 Å². The minimum Gasteiger partial charge on any atom is -0.424 e. The van der Waals surface area contributed by atoms with Gasteiger partial charge in [-0.1, -0.05) is 45.6 Å². The van der Waals surface area contributed by atoms with Gasteiger partial charge in [0.2, 0.25) is 0 Å². The second kappa shape index (κ2) is 9.56. The van der Waals surface area contributed by atoms with Crippen LogP contribution in [0.1, 0.15) is 76.1 Å². The summed E-state index contributed by atoms with van der Waals surface area (Å²) in [6.45, 7) is 7.74. The Morgan fingerprint density at radius 3 is 2.23 bits per heavy atom. The number of carbonyl (C=O) groups is 1. The number of anilines is 1. The third kappa shape index (κ3) is 4.96. The smallest absolute Gasteiger partial charge is 0.308 e. The average Bonchev–Trinajstić information content (AvgIpc) is 2.59. The van der Waals surface area contributed by atoms with Crippen molar-refractivity contribution >= 4 is 22.6 Å². The Hall–Kier alpha value is -2.10. The number of pyridine rings is 1. The highest BCUT2D eigenvalue weighted by Gasteiger charge is 2.17. The lowest BCUT2D eigenvalue weighted by molar-refractivity contribution is -0.131. The average molecular weight is 357 g/mol. The van der Waals surface area contributed by atoms with E-state index < -0.39 is 0 Å². The van der Waals surface area contributed by atoms with Crippen molar-refractivity contribution in [1.29, 1.82) is 0 Å². The number of unbranched alkanes of at least 4 members (excludes halogenated alkanes) is 4. The van der Waals surface area contributed by atoms with Gasteiger partial charge >= 0.3 is 5.97 Å². The molecule has 2 rings (SSSR count). The van der Waals surface area contributed by atoms with Gasteiger partial charge in [0.05, 0.1) is 11.4 Å². The van der Waals surface area contributed by atoms with Crippen LogP contribution in [-0.2, 0) is 17.6 Å². The minimum absolute atomic E-state index is 0.307. The summed E-state index contributed by atoms with van der Waals surface area (Å²) in [6, 6.07) is 4.20. The Balaban J connectivity index is 2.60. The van der Waals surface area contributed by atoms with Crippen LogP contribution in [0.5, 0.6) is 5.75 Å². The molecule has 26 heavy (non-hydrogen) atoms. The van der Waals surface area contributed by atoms with Gasteiger partial charge in [-0.15, -0.1) is 0 Å². The Kier molecular flexibility index (Phi) is 7.43. The number of fused-ring (bicyclic) bond motifs is 1. The summed E-state index contributed by atoms with van der Waals surface area (Å²) in [5.74, 6) is 0.309. The zero-order valence-corrected chi connectivity index (χ0v) is 16.7. The van der Waals surface area contributed by atoms with E-state index in [2.05, 4.69) is 19.9 Å². The fourth-order valence-electron chi connectivity index (χ4n) is 3.33. The Morgan fingerprint density at radius 2 is 1.65 bits per heavy atom. The van der Waals surface area contributed by atoms with Crippen LogP contribution >= 0.6 is 0 Å². The van der Waals surface area contributed by atoms with Crippen LogP contribution in [-0.4, -0.2) is 11.0 Å². The molecular formula is C22H32N2O2. The molecule has 0 aliphatic heterocycles. The molecule has 0 fully saturated rings. The summed E-state index contributed by atoms with van der Waals surface area (Å²) in [5.41, 5.74) is 10.7. The molecule has 0 atom stereocenters. The molecule has 0 saturated heterocycles. The predicted molar refractivity (Wildman–Crippen MR) is 109 cm³/mol. The molecule has 0 aliphatic carbocycles. The van der Waals surface area contributed by atoms with Crippen LogP contribution in [0, 0.1) is 6.92 Å². The summed E-state index contributed by atoms with van der Waals surface area (Å²) in [6.07, 6.45) is 8.83. The standard InChI is InChI=1S/C22H32N2O2/c1-5-7-9-11-17-13-18(12-10-8-6-2)22(26-16(4)25)21-19(17)14-20(23)15(3)24-21/h13-14H,5-12,23H2,1-4H3. The van der Waals surface area contributed by atoms with Crippen molar-refractivity contribution < 1.29 is 9.53 Å². The van der Waals surface area contributed by atoms with Crippen LogP contribution in [0.4, 0.5) is 5.69 Å². The highest BCUT2D eigenvalue weighted by Crippen LogP contribution is 2.35. The van der Waals surface area contributed by atoms with Crippen LogP contribution in [0.15, 0.2) is 12.1 Å². The number of nitrogens with zero attached hydrogens (tertiary/aromatic N) is 1. The Bertz CT molecular complexity index is 769. The molecular weight excluding hydrogens is 324 g/mol. The van der Waals surface area contributed by atoms with Crippen molar-refractivity contribution in [2.24, 2.45) is 0 Å². The molecule has 0 aliphatic rings. The first kappa shape index (κ1) is 20.2. The highest BCUT2D eigenvalue weighted by molar-refractivity contribution is 5.93. The van der Waals surface area contributed by atoms with Gasteiger partial charge in [0, 0.05) is 12.3 Å². The molecule has 1 aromatic heterocycles. The quantitative estimate of drug-likeness (QED) is 0.365. The molecule has 4 nitrogen and oxygen atoms in total. The highest BCUT2D eigenvalue weighted by atomic mass is 16.5. The molecule has 0 bridgehead atoms. The van der Waals surface area contributed by atoms with Crippen molar-refractivity contribution in [3.05, 3.63) is 29.0 Å². The van der Waals surface area contributed by atoms with E-state index in [9.17, 15) is 4.79 Å². The first-order chi connectivity index (χ1) is 12.5. The van der Waals surface area contributed by atoms with E-state index >= 15 is 0 Å². The van der Waals surface area contributed by atoms with E-state index in [1.165, 1.54) is 25.3 Å². The summed E-state index contributed by atoms with van der Waals surface area (Å²) < 4.78 is 5.62. The molecule has 0 amide bonds. The van der Waals surface area contributed by atoms with Gasteiger partial charge < -0.3 is 10.5 Å². The number of nitrogens with two attached hydrogens (primary N) is 1. The molecule has 1 aromatic carbocycles. The molecule has 2 aromatic rings. The van der Waals surface area contributed by atoms with Crippen molar-refractivity contribution in [1.82, 2.24) is 4.98 Å². The van der Waals surface area contributed by atoms with Crippen molar-refractivity contribution in [2.45, 2.75) is 79.1 Å². The topological polar surface area (TPSA) is 65.2 Å². The maximum absolute atomic E-state index is 11.7. The molecule has 1 heterocycles. The number of aromatic nitrogens is 1. The second-order valence-electron chi connectivity index (χ2n) is 7.09. The summed E-state index contributed by atoms with van der Waals surface area (Å²) in [5, 5.41) is 1.01. The van der Waals surface area contributed by atoms with Crippen LogP contribution in [0.25, 0.3) is 10.9 Å². The number of hydrogen-bond donors (Lipinski definition) is 1. The fourth-order valence-corrected chi connectivity index (χ4v) is 3.33. The lowest BCUT2D eigenvalue weighted by Crippen LogP contribution is -2.08. The van der Waals surface area contributed by atoms with Crippen LogP contribution < -0.4 is 10.5 Å². The van der Waals surface area contributed by atoms with Gasteiger partial charge in [-0.2, -0.15) is 0 Å². The van der Waals surface area contributed by atoms with Crippen molar-refractivity contribution in [3.8, 4) is 5.75 Å². The fraction of sp³-hybridized carbons (Fsp3) is 0.545. The van der Waals surface area contributed by atoms with E-state index in [4.69, 9.17) is 15.5 Å². The molecule has 2 N–H and O–H groups in total. The number of ether oxygens (including phenoxy) is 1.